The second-order valence-electron chi connectivity index (χ2n) is 8.84. The van der Waals surface area contributed by atoms with Gasteiger partial charge < -0.3 is 9.84 Å². The van der Waals surface area contributed by atoms with Crippen molar-refractivity contribution in [2.45, 2.75) is 56.9 Å². The fourth-order valence-electron chi connectivity index (χ4n) is 4.78. The number of aromatic nitrogens is 2. The molecule has 1 fully saturated rings. The van der Waals surface area contributed by atoms with E-state index in [1.807, 2.05) is 13.0 Å². The molecule has 2 atom stereocenters. The molecule has 0 bridgehead atoms. The number of nitrogens with zero attached hydrogens (tertiary/aromatic N) is 3. The minimum Gasteiger partial charge on any atom is -0.390 e. The van der Waals surface area contributed by atoms with Crippen molar-refractivity contribution in [3.05, 3.63) is 57.6 Å². The molecule has 4 rings (SSSR count). The molecular weight excluding hydrogens is 436 g/mol. The topological polar surface area (TPSA) is 58.5 Å². The van der Waals surface area contributed by atoms with Crippen LogP contribution in [0.3, 0.4) is 0 Å². The van der Waals surface area contributed by atoms with Crippen LogP contribution in [0.2, 0.25) is 5.28 Å². The van der Waals surface area contributed by atoms with Gasteiger partial charge in [-0.25, -0.2) is 9.97 Å². The van der Waals surface area contributed by atoms with Gasteiger partial charge in [0.25, 0.3) is 5.92 Å². The second kappa shape index (κ2) is 10.1. The molecule has 1 aromatic heterocycles. The third kappa shape index (κ3) is 5.28. The Balaban J connectivity index is 1.48. The summed E-state index contributed by atoms with van der Waals surface area (Å²) in [5, 5.41) is 9.27. The molecule has 174 valence electrons. The lowest BCUT2D eigenvalue weighted by molar-refractivity contribution is -0.0556. The van der Waals surface area contributed by atoms with Gasteiger partial charge in [0.05, 0.1) is 13.2 Å². The number of ether oxygens (including phenoxy) is 1. The van der Waals surface area contributed by atoms with Gasteiger partial charge in [0, 0.05) is 36.1 Å². The monoisotopic (exact) mass is 465 g/mol. The molecule has 1 aliphatic heterocycles. The van der Waals surface area contributed by atoms with Crippen LogP contribution in [-0.2, 0) is 29.9 Å². The zero-order valence-corrected chi connectivity index (χ0v) is 19.1. The number of rotatable bonds is 7. The molecule has 2 heterocycles. The zero-order chi connectivity index (χ0) is 22.7. The number of fused-ring (bicyclic) bond motifs is 1. The third-order valence-electron chi connectivity index (χ3n) is 6.76. The standard InChI is InChI=1S/C24H30ClF2N3O2/c1-16(17-3-2-4-18(13-17)24(26,27)15-31)5-7-21-20-14-19(30-9-11-32-12-10-30)6-8-22(20)29-23(25)28-21/h2-4,13,16,19,31H,5-12,14-15H2,1H3/t16-,19-/m0/s1. The van der Waals surface area contributed by atoms with Crippen LogP contribution in [0.1, 0.15) is 53.8 Å². The number of aryl methyl sites for hydroxylation is 2. The lowest BCUT2D eigenvalue weighted by Gasteiger charge is -2.37. The SMILES string of the molecule is C[C@@H](CCc1nc(Cl)nc2c1C[C@@H](N1CCOCC1)CC2)c1cccc(C(F)(F)CO)c1. The summed E-state index contributed by atoms with van der Waals surface area (Å²) in [5.74, 6) is -3.17. The first kappa shape index (κ1) is 23.5. The minimum atomic E-state index is -3.23. The fourth-order valence-corrected chi connectivity index (χ4v) is 4.98. The number of alkyl halides is 2. The highest BCUT2D eigenvalue weighted by Crippen LogP contribution is 2.32. The van der Waals surface area contributed by atoms with Crippen molar-refractivity contribution in [2.75, 3.05) is 32.9 Å². The van der Waals surface area contributed by atoms with E-state index in [1.165, 1.54) is 17.7 Å². The Morgan fingerprint density at radius 3 is 2.81 bits per heavy atom. The molecule has 2 aliphatic rings. The molecular formula is C24H30ClF2N3O2. The maximum absolute atomic E-state index is 13.9. The molecule has 1 aromatic carbocycles. The largest absolute Gasteiger partial charge is 0.390 e. The smallest absolute Gasteiger partial charge is 0.295 e. The van der Waals surface area contributed by atoms with E-state index in [-0.39, 0.29) is 16.8 Å². The molecule has 1 aliphatic carbocycles. The molecule has 0 amide bonds. The molecule has 0 saturated carbocycles. The van der Waals surface area contributed by atoms with Crippen LogP contribution in [0.15, 0.2) is 24.3 Å². The average molecular weight is 466 g/mol. The summed E-state index contributed by atoms with van der Waals surface area (Å²) in [6, 6.07) is 6.81. The van der Waals surface area contributed by atoms with Crippen molar-refractivity contribution >= 4 is 11.6 Å². The van der Waals surface area contributed by atoms with Crippen LogP contribution in [0, 0.1) is 0 Å². The van der Waals surface area contributed by atoms with E-state index in [0.29, 0.717) is 12.5 Å². The van der Waals surface area contributed by atoms with E-state index >= 15 is 0 Å². The maximum atomic E-state index is 13.9. The predicted octanol–water partition coefficient (Wildman–Crippen LogP) is 4.14. The Bertz CT molecular complexity index is 937. The molecule has 0 spiro atoms. The average Bonchev–Trinajstić information content (AvgIpc) is 2.82. The summed E-state index contributed by atoms with van der Waals surface area (Å²) in [4.78, 5) is 11.6. The number of benzene rings is 1. The molecule has 8 heteroatoms. The van der Waals surface area contributed by atoms with Crippen molar-refractivity contribution in [2.24, 2.45) is 0 Å². The van der Waals surface area contributed by atoms with Gasteiger partial charge in [-0.1, -0.05) is 25.1 Å². The van der Waals surface area contributed by atoms with E-state index in [1.54, 1.807) is 6.07 Å². The summed E-state index contributed by atoms with van der Waals surface area (Å²) in [5.41, 5.74) is 3.89. The number of hydrogen-bond donors (Lipinski definition) is 1. The van der Waals surface area contributed by atoms with Gasteiger partial charge in [0.1, 0.15) is 6.61 Å². The van der Waals surface area contributed by atoms with Gasteiger partial charge in [-0.2, -0.15) is 8.78 Å². The van der Waals surface area contributed by atoms with E-state index in [4.69, 9.17) is 21.4 Å². The van der Waals surface area contributed by atoms with Gasteiger partial charge in [-0.15, -0.1) is 0 Å². The number of aliphatic hydroxyl groups is 1. The van der Waals surface area contributed by atoms with E-state index < -0.39 is 12.5 Å². The van der Waals surface area contributed by atoms with E-state index in [0.717, 1.165) is 68.9 Å². The molecule has 5 nitrogen and oxygen atoms in total. The quantitative estimate of drug-likeness (QED) is 0.623. The Morgan fingerprint density at radius 2 is 2.06 bits per heavy atom. The first-order chi connectivity index (χ1) is 15.4. The predicted molar refractivity (Wildman–Crippen MR) is 119 cm³/mol. The normalized spacial score (nSPS) is 20.7. The highest BCUT2D eigenvalue weighted by atomic mass is 35.5. The van der Waals surface area contributed by atoms with Crippen LogP contribution >= 0.6 is 11.6 Å². The van der Waals surface area contributed by atoms with Crippen molar-refractivity contribution in [3.63, 3.8) is 0 Å². The van der Waals surface area contributed by atoms with Gasteiger partial charge in [-0.05, 0) is 66.8 Å². The summed E-state index contributed by atoms with van der Waals surface area (Å²) >= 11 is 6.23. The van der Waals surface area contributed by atoms with E-state index in [2.05, 4.69) is 14.9 Å². The van der Waals surface area contributed by atoms with Crippen LogP contribution in [0.4, 0.5) is 8.78 Å². The summed E-state index contributed by atoms with van der Waals surface area (Å²) in [7, 11) is 0. The Kier molecular flexibility index (Phi) is 7.40. The van der Waals surface area contributed by atoms with Crippen LogP contribution < -0.4 is 0 Å². The summed E-state index contributed by atoms with van der Waals surface area (Å²) < 4.78 is 33.3. The van der Waals surface area contributed by atoms with Crippen molar-refractivity contribution < 1.29 is 18.6 Å². The summed E-state index contributed by atoms with van der Waals surface area (Å²) in [6.45, 7) is 4.30. The summed E-state index contributed by atoms with van der Waals surface area (Å²) in [6.07, 6.45) is 4.33. The fraction of sp³-hybridized carbons (Fsp3) is 0.583. The number of morpholine rings is 1. The molecule has 1 saturated heterocycles. The first-order valence-corrected chi connectivity index (χ1v) is 11.7. The lowest BCUT2D eigenvalue weighted by atomic mass is 9.87. The van der Waals surface area contributed by atoms with Crippen LogP contribution in [-0.4, -0.2) is 58.9 Å². The number of halogens is 3. The van der Waals surface area contributed by atoms with Gasteiger partial charge in [0.15, 0.2) is 0 Å². The van der Waals surface area contributed by atoms with Crippen molar-refractivity contribution in [1.82, 2.24) is 14.9 Å². The Labute approximate surface area is 192 Å². The van der Waals surface area contributed by atoms with Gasteiger partial charge >= 0.3 is 0 Å². The first-order valence-electron chi connectivity index (χ1n) is 11.3. The molecule has 32 heavy (non-hydrogen) atoms. The molecule has 0 unspecified atom stereocenters. The zero-order valence-electron chi connectivity index (χ0n) is 18.4. The van der Waals surface area contributed by atoms with Gasteiger partial charge in [0.2, 0.25) is 5.28 Å². The second-order valence-corrected chi connectivity index (χ2v) is 9.18. The molecule has 2 aromatic rings. The van der Waals surface area contributed by atoms with E-state index in [9.17, 15) is 8.78 Å². The van der Waals surface area contributed by atoms with Crippen molar-refractivity contribution in [1.29, 1.82) is 0 Å². The Morgan fingerprint density at radius 1 is 1.28 bits per heavy atom. The highest BCUT2D eigenvalue weighted by Gasteiger charge is 2.31. The maximum Gasteiger partial charge on any atom is 0.295 e. The number of aliphatic hydroxyl groups excluding tert-OH is 1. The van der Waals surface area contributed by atoms with Crippen molar-refractivity contribution in [3.8, 4) is 0 Å². The highest BCUT2D eigenvalue weighted by molar-refractivity contribution is 6.28. The molecule has 0 radical (unpaired) electrons. The minimum absolute atomic E-state index is 0.0625. The lowest BCUT2D eigenvalue weighted by Crippen LogP contribution is -2.46. The van der Waals surface area contributed by atoms with Crippen LogP contribution in [0.5, 0.6) is 0 Å². The van der Waals surface area contributed by atoms with Gasteiger partial charge in [-0.3, -0.25) is 4.90 Å². The Hall–Kier alpha value is -1.67. The molecule has 1 N–H and O–H groups in total. The van der Waals surface area contributed by atoms with Crippen LogP contribution in [0.25, 0.3) is 0 Å². The third-order valence-corrected chi connectivity index (χ3v) is 6.93. The number of hydrogen-bond acceptors (Lipinski definition) is 5.